The summed E-state index contributed by atoms with van der Waals surface area (Å²) in [6.07, 6.45) is 0. The average molecular weight is 434 g/mol. The molecule has 6 heteroatoms. The van der Waals surface area contributed by atoms with Crippen molar-refractivity contribution in [3.05, 3.63) is 62.2 Å². The third-order valence-corrected chi connectivity index (χ3v) is 9.40. The van der Waals surface area contributed by atoms with Crippen LogP contribution in [0.3, 0.4) is 0 Å². The zero-order valence-electron chi connectivity index (χ0n) is 12.9. The average Bonchev–Trinajstić information content (AvgIpc) is 2.37. The Morgan fingerprint density at radius 1 is 0.909 bits per heavy atom. The Hall–Kier alpha value is -0.960. The van der Waals surface area contributed by atoms with Crippen LogP contribution in [-0.2, 0) is 12.6 Å². The molecule has 0 aliphatic heterocycles. The minimum absolute atomic E-state index is 0.0665. The Morgan fingerprint density at radius 2 is 1.41 bits per heavy atom. The molecular formula is C16H19IO4S. The summed E-state index contributed by atoms with van der Waals surface area (Å²) in [7, 11) is -3.95. The first-order chi connectivity index (χ1) is 10.2. The minimum atomic E-state index is -3.95. The summed E-state index contributed by atoms with van der Waals surface area (Å²) in [5.74, 6) is 0. The Morgan fingerprint density at radius 3 is 1.91 bits per heavy atom. The fraction of sp³-hybridized carbons (Fsp3) is 0.250. The topological polar surface area (TPSA) is 63.6 Å². The summed E-state index contributed by atoms with van der Waals surface area (Å²) in [4.78, 5) is 0.0665. The van der Waals surface area contributed by atoms with Crippen molar-refractivity contribution in [2.45, 2.75) is 32.6 Å². The van der Waals surface area contributed by atoms with Gasteiger partial charge in [-0.05, 0) is 0 Å². The van der Waals surface area contributed by atoms with E-state index in [9.17, 15) is 11.9 Å². The monoisotopic (exact) mass is 434 g/mol. The van der Waals surface area contributed by atoms with Gasteiger partial charge in [-0.15, -0.1) is 0 Å². The van der Waals surface area contributed by atoms with E-state index in [1.54, 1.807) is 12.1 Å². The first-order valence-electron chi connectivity index (χ1n) is 6.69. The van der Waals surface area contributed by atoms with Crippen molar-refractivity contribution in [2.75, 3.05) is 0 Å². The molecule has 0 amide bonds. The SMILES string of the molecule is Cc1ccc(S(=O)(=O)OI(O)c2c(C)cc(C)cc2C)cc1. The first-order valence-corrected chi connectivity index (χ1v) is 11.0. The van der Waals surface area contributed by atoms with Gasteiger partial charge in [0.2, 0.25) is 0 Å². The van der Waals surface area contributed by atoms with E-state index in [1.165, 1.54) is 12.1 Å². The number of hydrogen-bond donors (Lipinski definition) is 1. The zero-order chi connectivity index (χ0) is 16.5. The summed E-state index contributed by atoms with van der Waals surface area (Å²) in [6.45, 7) is 7.56. The van der Waals surface area contributed by atoms with E-state index in [1.807, 2.05) is 39.8 Å². The van der Waals surface area contributed by atoms with Crippen LogP contribution in [0.25, 0.3) is 0 Å². The molecule has 0 unspecified atom stereocenters. The normalized spacial score (nSPS) is 12.3. The van der Waals surface area contributed by atoms with Crippen molar-refractivity contribution in [3.8, 4) is 0 Å². The molecule has 22 heavy (non-hydrogen) atoms. The van der Waals surface area contributed by atoms with Crippen LogP contribution in [0, 0.1) is 31.3 Å². The van der Waals surface area contributed by atoms with Crippen LogP contribution in [0.1, 0.15) is 22.3 Å². The van der Waals surface area contributed by atoms with Gasteiger partial charge in [-0.3, -0.25) is 0 Å². The van der Waals surface area contributed by atoms with E-state index < -0.39 is 30.8 Å². The van der Waals surface area contributed by atoms with Gasteiger partial charge >= 0.3 is 140 Å². The van der Waals surface area contributed by atoms with Crippen LogP contribution in [0.2, 0.25) is 0 Å². The number of benzene rings is 2. The van der Waals surface area contributed by atoms with E-state index in [2.05, 4.69) is 0 Å². The van der Waals surface area contributed by atoms with Gasteiger partial charge in [0.1, 0.15) is 0 Å². The molecular weight excluding hydrogens is 415 g/mol. The molecule has 0 heterocycles. The first kappa shape index (κ1) is 17.4. The Labute approximate surface area is 139 Å². The summed E-state index contributed by atoms with van der Waals surface area (Å²) >= 11 is -3.25. The molecule has 1 N–H and O–H groups in total. The quantitative estimate of drug-likeness (QED) is 0.744. The fourth-order valence-corrected chi connectivity index (χ4v) is 7.31. The molecule has 0 atom stereocenters. The van der Waals surface area contributed by atoms with Crippen LogP contribution >= 0.6 is 20.6 Å². The van der Waals surface area contributed by atoms with Crippen molar-refractivity contribution < 1.29 is 14.4 Å². The number of rotatable bonds is 4. The van der Waals surface area contributed by atoms with Gasteiger partial charge in [0.05, 0.1) is 0 Å². The van der Waals surface area contributed by atoms with Crippen molar-refractivity contribution >= 4 is 30.8 Å². The van der Waals surface area contributed by atoms with Crippen molar-refractivity contribution in [3.63, 3.8) is 0 Å². The van der Waals surface area contributed by atoms with Crippen molar-refractivity contribution in [1.29, 1.82) is 0 Å². The molecule has 0 aliphatic carbocycles. The van der Waals surface area contributed by atoms with Crippen LogP contribution in [-0.4, -0.2) is 11.9 Å². The standard InChI is InChI=1S/C16H19IO4S/c1-11-5-7-15(8-6-11)22(19,20)21-17(18)16-13(3)9-12(2)10-14(16)4/h5-10,18H,1-4H3. The zero-order valence-corrected chi connectivity index (χ0v) is 15.9. The molecule has 0 saturated heterocycles. The van der Waals surface area contributed by atoms with Crippen LogP contribution in [0.15, 0.2) is 41.3 Å². The van der Waals surface area contributed by atoms with Gasteiger partial charge in [0.15, 0.2) is 0 Å². The summed E-state index contributed by atoms with van der Waals surface area (Å²) < 4.78 is 40.7. The number of halogens is 1. The molecule has 0 spiro atoms. The Bertz CT molecular complexity index is 759. The van der Waals surface area contributed by atoms with Gasteiger partial charge < -0.3 is 0 Å². The van der Waals surface area contributed by atoms with E-state index in [4.69, 9.17) is 2.51 Å². The van der Waals surface area contributed by atoms with Crippen molar-refractivity contribution in [2.24, 2.45) is 0 Å². The molecule has 0 fully saturated rings. The second-order valence-electron chi connectivity index (χ2n) is 5.27. The van der Waals surface area contributed by atoms with E-state index in [0.29, 0.717) is 3.57 Å². The molecule has 0 aliphatic rings. The summed E-state index contributed by atoms with van der Waals surface area (Å²) in [5, 5.41) is 0. The maximum atomic E-state index is 12.3. The summed E-state index contributed by atoms with van der Waals surface area (Å²) in [5.41, 5.74) is 3.77. The molecule has 2 aromatic rings. The summed E-state index contributed by atoms with van der Waals surface area (Å²) in [6, 6.07) is 10.2. The number of hydrogen-bond acceptors (Lipinski definition) is 4. The van der Waals surface area contributed by atoms with Crippen molar-refractivity contribution in [1.82, 2.24) is 0 Å². The second kappa shape index (κ2) is 6.66. The Kier molecular flexibility index (Phi) is 5.26. The van der Waals surface area contributed by atoms with Crippen LogP contribution in [0.5, 0.6) is 0 Å². The molecule has 2 rings (SSSR count). The molecule has 120 valence electrons. The number of aryl methyl sites for hydroxylation is 4. The van der Waals surface area contributed by atoms with Gasteiger partial charge in [-0.2, -0.15) is 0 Å². The second-order valence-corrected chi connectivity index (χ2v) is 10.3. The predicted molar refractivity (Wildman–Crippen MR) is 95.0 cm³/mol. The molecule has 0 saturated carbocycles. The maximum absolute atomic E-state index is 12.3. The van der Waals surface area contributed by atoms with Gasteiger partial charge in [-0.25, -0.2) is 0 Å². The third kappa shape index (κ3) is 3.87. The third-order valence-electron chi connectivity index (χ3n) is 3.19. The van der Waals surface area contributed by atoms with E-state index in [-0.39, 0.29) is 4.90 Å². The fourth-order valence-electron chi connectivity index (χ4n) is 2.27. The Balaban J connectivity index is 2.32. The molecule has 0 radical (unpaired) electrons. The predicted octanol–water partition coefficient (Wildman–Crippen LogP) is 3.82. The molecule has 0 bridgehead atoms. The molecule has 4 nitrogen and oxygen atoms in total. The molecule has 2 aromatic carbocycles. The van der Waals surface area contributed by atoms with Crippen LogP contribution < -0.4 is 0 Å². The van der Waals surface area contributed by atoms with Gasteiger partial charge in [0, 0.05) is 0 Å². The van der Waals surface area contributed by atoms with E-state index >= 15 is 0 Å². The van der Waals surface area contributed by atoms with Gasteiger partial charge in [0.25, 0.3) is 0 Å². The van der Waals surface area contributed by atoms with Gasteiger partial charge in [-0.1, -0.05) is 0 Å². The van der Waals surface area contributed by atoms with E-state index in [0.717, 1.165) is 22.3 Å². The molecule has 0 aromatic heterocycles. The van der Waals surface area contributed by atoms with Crippen LogP contribution in [0.4, 0.5) is 0 Å².